The fraction of sp³-hybridized carbons (Fsp3) is 0.467. The molecule has 0 saturated carbocycles. The van der Waals surface area contributed by atoms with E-state index in [2.05, 4.69) is 0 Å². The highest BCUT2D eigenvalue weighted by atomic mass is 35.5. The molecule has 0 spiro atoms. The average Bonchev–Trinajstić information content (AvgIpc) is 2.38. The Kier molecular flexibility index (Phi) is 6.65. The molecule has 0 bridgehead atoms. The molecule has 1 rings (SSSR count). The van der Waals surface area contributed by atoms with Crippen molar-refractivity contribution in [1.29, 1.82) is 0 Å². The zero-order chi connectivity index (χ0) is 16.0. The lowest BCUT2D eigenvalue weighted by Gasteiger charge is -2.25. The number of hydrogen-bond acceptors (Lipinski definition) is 3. The highest BCUT2D eigenvalue weighted by Crippen LogP contribution is 2.12. The first-order chi connectivity index (χ1) is 9.85. The topological polar surface area (TPSA) is 60.9 Å². The average molecular weight is 313 g/mol. The van der Waals surface area contributed by atoms with Crippen LogP contribution in [0.1, 0.15) is 18.9 Å². The quantitative estimate of drug-likeness (QED) is 0.837. The van der Waals surface area contributed by atoms with E-state index in [4.69, 9.17) is 16.7 Å². The van der Waals surface area contributed by atoms with E-state index >= 15 is 0 Å². The number of carbonyl (C=O) groups excluding carboxylic acids is 1. The van der Waals surface area contributed by atoms with Crippen molar-refractivity contribution in [2.45, 2.75) is 25.9 Å². The Bertz CT molecular complexity index is 507. The summed E-state index contributed by atoms with van der Waals surface area (Å²) in [6.07, 6.45) is 0.455. The number of benzene rings is 1. The van der Waals surface area contributed by atoms with Crippen LogP contribution in [0.5, 0.6) is 0 Å². The SMILES string of the molecule is CCC(C(=O)O)N(C)CC(=O)N(C)Cc1cccc(Cl)c1. The normalized spacial score (nSPS) is 12.2. The van der Waals surface area contributed by atoms with Crippen LogP contribution in [0.2, 0.25) is 5.02 Å². The van der Waals surface area contributed by atoms with Crippen LogP contribution in [0.15, 0.2) is 24.3 Å². The first-order valence-electron chi connectivity index (χ1n) is 6.76. The minimum Gasteiger partial charge on any atom is -0.480 e. The Hall–Kier alpha value is -1.59. The molecule has 116 valence electrons. The second kappa shape index (κ2) is 8.00. The lowest BCUT2D eigenvalue weighted by atomic mass is 10.2. The molecule has 0 saturated heterocycles. The highest BCUT2D eigenvalue weighted by Gasteiger charge is 2.23. The van der Waals surface area contributed by atoms with Crippen molar-refractivity contribution in [1.82, 2.24) is 9.80 Å². The van der Waals surface area contributed by atoms with Gasteiger partial charge in [0.1, 0.15) is 6.04 Å². The fourth-order valence-corrected chi connectivity index (χ4v) is 2.33. The third-order valence-electron chi connectivity index (χ3n) is 3.32. The standard InChI is InChI=1S/C15H21ClN2O3/c1-4-13(15(20)21)17(2)10-14(19)18(3)9-11-6-5-7-12(16)8-11/h5-8,13H,4,9-10H2,1-3H3,(H,20,21). The molecule has 0 aliphatic carbocycles. The zero-order valence-corrected chi connectivity index (χ0v) is 13.3. The fourth-order valence-electron chi connectivity index (χ4n) is 2.12. The van der Waals surface area contributed by atoms with Crippen molar-refractivity contribution in [2.24, 2.45) is 0 Å². The number of aliphatic carboxylic acids is 1. The Morgan fingerprint density at radius 1 is 1.33 bits per heavy atom. The summed E-state index contributed by atoms with van der Waals surface area (Å²) in [6.45, 7) is 2.30. The predicted octanol–water partition coefficient (Wildman–Crippen LogP) is 2.09. The van der Waals surface area contributed by atoms with Gasteiger partial charge in [0.25, 0.3) is 0 Å². The summed E-state index contributed by atoms with van der Waals surface area (Å²) >= 11 is 5.91. The molecular weight excluding hydrogens is 292 g/mol. The molecule has 1 unspecified atom stereocenters. The first-order valence-corrected chi connectivity index (χ1v) is 7.14. The molecule has 5 nitrogen and oxygen atoms in total. The Morgan fingerprint density at radius 3 is 2.52 bits per heavy atom. The summed E-state index contributed by atoms with van der Waals surface area (Å²) < 4.78 is 0. The molecule has 1 atom stereocenters. The number of hydrogen-bond donors (Lipinski definition) is 1. The van der Waals surface area contributed by atoms with E-state index in [1.54, 1.807) is 43.0 Å². The molecule has 1 aromatic rings. The van der Waals surface area contributed by atoms with E-state index in [1.165, 1.54) is 0 Å². The van der Waals surface area contributed by atoms with Gasteiger partial charge in [0.2, 0.25) is 5.91 Å². The van der Waals surface area contributed by atoms with Crippen molar-refractivity contribution in [3.8, 4) is 0 Å². The molecule has 0 aromatic heterocycles. The lowest BCUT2D eigenvalue weighted by molar-refractivity contribution is -0.144. The summed E-state index contributed by atoms with van der Waals surface area (Å²) in [5.74, 6) is -1.04. The van der Waals surface area contributed by atoms with E-state index in [0.29, 0.717) is 18.0 Å². The number of rotatable bonds is 7. The molecule has 0 radical (unpaired) electrons. The molecule has 0 aliphatic rings. The van der Waals surface area contributed by atoms with Gasteiger partial charge in [-0.1, -0.05) is 30.7 Å². The van der Waals surface area contributed by atoms with E-state index < -0.39 is 12.0 Å². The molecule has 21 heavy (non-hydrogen) atoms. The van der Waals surface area contributed by atoms with Crippen molar-refractivity contribution in [3.05, 3.63) is 34.9 Å². The minimum atomic E-state index is -0.912. The Morgan fingerprint density at radius 2 is 2.00 bits per heavy atom. The molecular formula is C15H21ClN2O3. The van der Waals surface area contributed by atoms with Crippen LogP contribution in [-0.4, -0.2) is 53.5 Å². The van der Waals surface area contributed by atoms with Crippen LogP contribution >= 0.6 is 11.6 Å². The number of amides is 1. The smallest absolute Gasteiger partial charge is 0.320 e. The van der Waals surface area contributed by atoms with E-state index in [-0.39, 0.29) is 12.5 Å². The van der Waals surface area contributed by atoms with Gasteiger partial charge in [0, 0.05) is 18.6 Å². The minimum absolute atomic E-state index is 0.0713. The second-order valence-corrected chi connectivity index (χ2v) is 5.49. The van der Waals surface area contributed by atoms with Crippen LogP contribution in [0.4, 0.5) is 0 Å². The summed E-state index contributed by atoms with van der Waals surface area (Å²) in [6, 6.07) is 6.67. The van der Waals surface area contributed by atoms with Crippen LogP contribution in [-0.2, 0) is 16.1 Å². The number of halogens is 1. The van der Waals surface area contributed by atoms with Gasteiger partial charge in [-0.05, 0) is 31.2 Å². The van der Waals surface area contributed by atoms with Crippen LogP contribution < -0.4 is 0 Å². The molecule has 1 N–H and O–H groups in total. The maximum absolute atomic E-state index is 12.1. The third kappa shape index (κ3) is 5.36. The maximum atomic E-state index is 12.1. The van der Waals surface area contributed by atoms with Crippen molar-refractivity contribution >= 4 is 23.5 Å². The summed E-state index contributed by atoms with van der Waals surface area (Å²) in [5, 5.41) is 9.71. The number of likely N-dealkylation sites (N-methyl/N-ethyl adjacent to an activating group) is 2. The Balaban J connectivity index is 2.60. The summed E-state index contributed by atoms with van der Waals surface area (Å²) in [5.41, 5.74) is 0.936. The van der Waals surface area contributed by atoms with Gasteiger partial charge >= 0.3 is 5.97 Å². The number of carboxylic acids is 1. The predicted molar refractivity (Wildman–Crippen MR) is 82.3 cm³/mol. The van der Waals surface area contributed by atoms with Gasteiger partial charge in [-0.25, -0.2) is 0 Å². The van der Waals surface area contributed by atoms with Gasteiger partial charge in [0.05, 0.1) is 6.54 Å². The van der Waals surface area contributed by atoms with E-state index in [1.807, 2.05) is 12.1 Å². The van der Waals surface area contributed by atoms with Crippen molar-refractivity contribution in [2.75, 3.05) is 20.6 Å². The largest absolute Gasteiger partial charge is 0.480 e. The number of carboxylic acid groups (broad SMARTS) is 1. The zero-order valence-electron chi connectivity index (χ0n) is 12.5. The second-order valence-electron chi connectivity index (χ2n) is 5.06. The molecule has 1 amide bonds. The number of carbonyl (C=O) groups is 2. The van der Waals surface area contributed by atoms with Gasteiger partial charge < -0.3 is 10.0 Å². The molecule has 6 heteroatoms. The lowest BCUT2D eigenvalue weighted by Crippen LogP contribution is -2.44. The van der Waals surface area contributed by atoms with Crippen molar-refractivity contribution < 1.29 is 14.7 Å². The van der Waals surface area contributed by atoms with Gasteiger partial charge in [-0.2, -0.15) is 0 Å². The van der Waals surface area contributed by atoms with Crippen molar-refractivity contribution in [3.63, 3.8) is 0 Å². The summed E-state index contributed by atoms with van der Waals surface area (Å²) in [7, 11) is 3.34. The highest BCUT2D eigenvalue weighted by molar-refractivity contribution is 6.30. The Labute approximate surface area is 130 Å². The van der Waals surface area contributed by atoms with E-state index in [9.17, 15) is 9.59 Å². The monoisotopic (exact) mass is 312 g/mol. The summed E-state index contributed by atoms with van der Waals surface area (Å²) in [4.78, 5) is 26.3. The maximum Gasteiger partial charge on any atom is 0.320 e. The number of nitrogens with zero attached hydrogens (tertiary/aromatic N) is 2. The molecule has 0 aliphatic heterocycles. The van der Waals surface area contributed by atoms with Crippen LogP contribution in [0.3, 0.4) is 0 Å². The molecule has 1 aromatic carbocycles. The molecule has 0 fully saturated rings. The van der Waals surface area contributed by atoms with E-state index in [0.717, 1.165) is 5.56 Å². The van der Waals surface area contributed by atoms with Gasteiger partial charge in [0.15, 0.2) is 0 Å². The van der Waals surface area contributed by atoms with Gasteiger partial charge in [-0.3, -0.25) is 14.5 Å². The first kappa shape index (κ1) is 17.5. The van der Waals surface area contributed by atoms with Gasteiger partial charge in [-0.15, -0.1) is 0 Å². The van der Waals surface area contributed by atoms with Crippen LogP contribution in [0.25, 0.3) is 0 Å². The molecule has 0 heterocycles. The third-order valence-corrected chi connectivity index (χ3v) is 3.56. The van der Waals surface area contributed by atoms with Crippen LogP contribution in [0, 0.1) is 0 Å².